The van der Waals surface area contributed by atoms with Crippen LogP contribution in [0, 0.1) is 13.8 Å². The first kappa shape index (κ1) is 13.8. The van der Waals surface area contributed by atoms with Crippen LogP contribution >= 0.6 is 0 Å². The molecule has 0 saturated carbocycles. The predicted octanol–water partition coefficient (Wildman–Crippen LogP) is 0.615. The first-order valence-electron chi connectivity index (χ1n) is 5.50. The van der Waals surface area contributed by atoms with E-state index in [2.05, 4.69) is 15.4 Å². The van der Waals surface area contributed by atoms with Crippen LogP contribution in [0.1, 0.15) is 30.0 Å². The van der Waals surface area contributed by atoms with Crippen LogP contribution in [-0.2, 0) is 9.57 Å². The molecule has 1 rings (SSSR count). The number of H-pyrrole nitrogens is 1. The van der Waals surface area contributed by atoms with Gasteiger partial charge in [0.1, 0.15) is 5.82 Å². The fourth-order valence-electron chi connectivity index (χ4n) is 1.61. The zero-order chi connectivity index (χ0) is 12.8. The molecule has 1 atom stereocenters. The topological polar surface area (TPSA) is 76.2 Å². The standard InChI is InChI=1S/C11H19N3O3/c1-7-10(11(15)13-9(3)12-7)8(2)14-17-6-5-16-4/h8,14H,5-6H2,1-4H3,(H,12,13,15). The molecule has 0 bridgehead atoms. The van der Waals surface area contributed by atoms with E-state index < -0.39 is 0 Å². The highest BCUT2D eigenvalue weighted by molar-refractivity contribution is 5.19. The molecule has 2 N–H and O–H groups in total. The number of aromatic amines is 1. The Hall–Kier alpha value is -1.24. The van der Waals surface area contributed by atoms with Gasteiger partial charge >= 0.3 is 0 Å². The molecular weight excluding hydrogens is 222 g/mol. The second kappa shape index (κ2) is 6.48. The maximum atomic E-state index is 11.8. The molecule has 6 heteroatoms. The molecule has 1 unspecified atom stereocenters. The van der Waals surface area contributed by atoms with Gasteiger partial charge in [0.15, 0.2) is 0 Å². The van der Waals surface area contributed by atoms with E-state index in [0.717, 1.165) is 0 Å². The zero-order valence-corrected chi connectivity index (χ0v) is 10.7. The molecule has 0 radical (unpaired) electrons. The Bertz CT molecular complexity index is 417. The summed E-state index contributed by atoms with van der Waals surface area (Å²) in [6.45, 7) is 6.34. The van der Waals surface area contributed by atoms with Gasteiger partial charge in [-0.3, -0.25) is 9.63 Å². The Morgan fingerprint density at radius 2 is 2.12 bits per heavy atom. The van der Waals surface area contributed by atoms with Crippen LogP contribution in [0.3, 0.4) is 0 Å². The van der Waals surface area contributed by atoms with Crippen molar-refractivity contribution in [2.75, 3.05) is 20.3 Å². The third-order valence-corrected chi connectivity index (χ3v) is 2.35. The monoisotopic (exact) mass is 241 g/mol. The fraction of sp³-hybridized carbons (Fsp3) is 0.636. The quantitative estimate of drug-likeness (QED) is 0.564. The van der Waals surface area contributed by atoms with E-state index in [0.29, 0.717) is 30.3 Å². The SMILES string of the molecule is COCCONC(C)c1c(C)nc(C)[nH]c1=O. The van der Waals surface area contributed by atoms with Gasteiger partial charge in [-0.2, -0.15) is 5.48 Å². The predicted molar refractivity (Wildman–Crippen MR) is 63.7 cm³/mol. The van der Waals surface area contributed by atoms with Gasteiger partial charge in [-0.1, -0.05) is 0 Å². The molecular formula is C11H19N3O3. The van der Waals surface area contributed by atoms with Crippen molar-refractivity contribution in [3.8, 4) is 0 Å². The van der Waals surface area contributed by atoms with E-state index in [-0.39, 0.29) is 11.6 Å². The van der Waals surface area contributed by atoms with Crippen LogP contribution in [0.15, 0.2) is 4.79 Å². The summed E-state index contributed by atoms with van der Waals surface area (Å²) in [5, 5.41) is 0. The van der Waals surface area contributed by atoms with Crippen molar-refractivity contribution >= 4 is 0 Å². The smallest absolute Gasteiger partial charge is 0.255 e. The molecule has 1 heterocycles. The molecule has 0 fully saturated rings. The molecule has 1 aromatic heterocycles. The van der Waals surface area contributed by atoms with Crippen LogP contribution in [0.25, 0.3) is 0 Å². The van der Waals surface area contributed by atoms with Crippen molar-refractivity contribution in [1.82, 2.24) is 15.4 Å². The lowest BCUT2D eigenvalue weighted by molar-refractivity contribution is -0.00963. The van der Waals surface area contributed by atoms with Crippen molar-refractivity contribution < 1.29 is 9.57 Å². The van der Waals surface area contributed by atoms with Gasteiger partial charge in [-0.15, -0.1) is 0 Å². The van der Waals surface area contributed by atoms with Crippen LogP contribution < -0.4 is 11.0 Å². The van der Waals surface area contributed by atoms with Crippen molar-refractivity contribution in [3.63, 3.8) is 0 Å². The lowest BCUT2D eigenvalue weighted by Gasteiger charge is -2.15. The third kappa shape index (κ3) is 3.92. The van der Waals surface area contributed by atoms with Gasteiger partial charge < -0.3 is 9.72 Å². The Morgan fingerprint density at radius 1 is 1.41 bits per heavy atom. The lowest BCUT2D eigenvalue weighted by Crippen LogP contribution is -2.29. The van der Waals surface area contributed by atoms with Crippen LogP contribution in [0.4, 0.5) is 0 Å². The van der Waals surface area contributed by atoms with E-state index in [1.54, 1.807) is 14.0 Å². The highest BCUT2D eigenvalue weighted by atomic mass is 16.7. The second-order valence-corrected chi connectivity index (χ2v) is 3.83. The average molecular weight is 241 g/mol. The lowest BCUT2D eigenvalue weighted by atomic mass is 10.1. The number of hydroxylamine groups is 1. The minimum Gasteiger partial charge on any atom is -0.382 e. The molecule has 96 valence electrons. The summed E-state index contributed by atoms with van der Waals surface area (Å²) < 4.78 is 4.85. The van der Waals surface area contributed by atoms with Gasteiger partial charge in [0.25, 0.3) is 5.56 Å². The van der Waals surface area contributed by atoms with Gasteiger partial charge in [0.2, 0.25) is 0 Å². The minimum absolute atomic E-state index is 0.134. The summed E-state index contributed by atoms with van der Waals surface area (Å²) >= 11 is 0. The number of nitrogens with one attached hydrogen (secondary N) is 2. The molecule has 0 amide bonds. The van der Waals surface area contributed by atoms with E-state index >= 15 is 0 Å². The number of aromatic nitrogens is 2. The Morgan fingerprint density at radius 3 is 2.71 bits per heavy atom. The Balaban J connectivity index is 2.69. The number of hydrogen-bond acceptors (Lipinski definition) is 5. The summed E-state index contributed by atoms with van der Waals surface area (Å²) in [6.07, 6.45) is 0. The summed E-state index contributed by atoms with van der Waals surface area (Å²) in [7, 11) is 1.60. The number of methoxy groups -OCH3 is 1. The van der Waals surface area contributed by atoms with Gasteiger partial charge in [-0.25, -0.2) is 4.98 Å². The molecule has 0 saturated heterocycles. The van der Waals surface area contributed by atoms with Crippen LogP contribution in [0.5, 0.6) is 0 Å². The summed E-state index contributed by atoms with van der Waals surface area (Å²) in [4.78, 5) is 23.8. The summed E-state index contributed by atoms with van der Waals surface area (Å²) in [5.41, 5.74) is 3.96. The molecule has 0 aliphatic heterocycles. The Labute approximate surface area is 100 Å². The third-order valence-electron chi connectivity index (χ3n) is 2.35. The van der Waals surface area contributed by atoms with E-state index in [4.69, 9.17) is 9.57 Å². The minimum atomic E-state index is -0.219. The molecule has 0 aliphatic rings. The summed E-state index contributed by atoms with van der Waals surface area (Å²) in [5.74, 6) is 0.615. The van der Waals surface area contributed by atoms with Crippen molar-refractivity contribution in [2.24, 2.45) is 0 Å². The molecule has 0 aliphatic carbocycles. The van der Waals surface area contributed by atoms with Crippen molar-refractivity contribution in [3.05, 3.63) is 27.4 Å². The van der Waals surface area contributed by atoms with E-state index in [1.165, 1.54) is 0 Å². The highest BCUT2D eigenvalue weighted by Gasteiger charge is 2.14. The van der Waals surface area contributed by atoms with E-state index in [9.17, 15) is 4.79 Å². The maximum Gasteiger partial charge on any atom is 0.255 e. The molecule has 6 nitrogen and oxygen atoms in total. The molecule has 17 heavy (non-hydrogen) atoms. The molecule has 0 aromatic carbocycles. The number of hydrogen-bond donors (Lipinski definition) is 2. The van der Waals surface area contributed by atoms with Crippen molar-refractivity contribution in [2.45, 2.75) is 26.8 Å². The zero-order valence-electron chi connectivity index (χ0n) is 10.7. The normalized spacial score (nSPS) is 12.7. The van der Waals surface area contributed by atoms with Crippen molar-refractivity contribution in [1.29, 1.82) is 0 Å². The first-order chi connectivity index (χ1) is 8.06. The largest absolute Gasteiger partial charge is 0.382 e. The van der Waals surface area contributed by atoms with Crippen LogP contribution in [0.2, 0.25) is 0 Å². The molecule has 0 spiro atoms. The average Bonchev–Trinajstić information content (AvgIpc) is 2.23. The first-order valence-corrected chi connectivity index (χ1v) is 5.50. The van der Waals surface area contributed by atoms with Gasteiger partial charge in [-0.05, 0) is 20.8 Å². The number of aryl methyl sites for hydroxylation is 2. The van der Waals surface area contributed by atoms with Gasteiger partial charge in [0.05, 0.1) is 24.8 Å². The highest BCUT2D eigenvalue weighted by Crippen LogP contribution is 2.10. The fourth-order valence-corrected chi connectivity index (χ4v) is 1.61. The van der Waals surface area contributed by atoms with Crippen LogP contribution in [-0.4, -0.2) is 30.3 Å². The van der Waals surface area contributed by atoms with E-state index in [1.807, 2.05) is 13.8 Å². The molecule has 1 aromatic rings. The second-order valence-electron chi connectivity index (χ2n) is 3.83. The number of nitrogens with zero attached hydrogens (tertiary/aromatic N) is 1. The number of ether oxygens (including phenoxy) is 1. The Kier molecular flexibility index (Phi) is 5.27. The maximum absolute atomic E-state index is 11.8. The van der Waals surface area contributed by atoms with Gasteiger partial charge in [0, 0.05) is 12.8 Å². The summed E-state index contributed by atoms with van der Waals surface area (Å²) in [6, 6.07) is -0.219. The number of rotatable bonds is 6.